The summed E-state index contributed by atoms with van der Waals surface area (Å²) in [6, 6.07) is 14.5. The minimum atomic E-state index is 0. The van der Waals surface area contributed by atoms with Crippen molar-refractivity contribution >= 4 is 29.9 Å². The fourth-order valence-electron chi connectivity index (χ4n) is 2.90. The Morgan fingerprint density at radius 1 is 1.15 bits per heavy atom. The van der Waals surface area contributed by atoms with Gasteiger partial charge in [-0.25, -0.2) is 0 Å². The molecule has 0 aliphatic rings. The highest BCUT2D eigenvalue weighted by molar-refractivity contribution is 14.0. The first-order chi connectivity index (χ1) is 12.7. The zero-order valence-electron chi connectivity index (χ0n) is 16.0. The van der Waals surface area contributed by atoms with E-state index < -0.39 is 0 Å². The average molecular weight is 478 g/mol. The lowest BCUT2D eigenvalue weighted by Gasteiger charge is -2.22. The molecule has 0 amide bonds. The molecule has 0 atom stereocenters. The van der Waals surface area contributed by atoms with Gasteiger partial charge in [0, 0.05) is 51.3 Å². The first-order valence-corrected chi connectivity index (χ1v) is 8.73. The summed E-state index contributed by atoms with van der Waals surface area (Å²) in [4.78, 5) is 6.50. The standard InChI is InChI=1S/C20H26N6.HI/c1-21-20(25(3)16-19-10-7-11-24(19)2)22-12-18-13-23-26(15-18)14-17-8-5-4-6-9-17;/h4-11,13,15H,12,14,16H2,1-3H3,(H,21,22);1H. The van der Waals surface area contributed by atoms with Crippen LogP contribution in [-0.4, -0.2) is 39.3 Å². The average Bonchev–Trinajstić information content (AvgIpc) is 3.26. The van der Waals surface area contributed by atoms with Gasteiger partial charge in [-0.2, -0.15) is 5.10 Å². The number of nitrogens with zero attached hydrogens (tertiary/aromatic N) is 5. The fraction of sp³-hybridized carbons (Fsp3) is 0.300. The van der Waals surface area contributed by atoms with Gasteiger partial charge in [-0.1, -0.05) is 30.3 Å². The van der Waals surface area contributed by atoms with Crippen LogP contribution in [0.3, 0.4) is 0 Å². The molecule has 0 aliphatic heterocycles. The van der Waals surface area contributed by atoms with E-state index in [-0.39, 0.29) is 24.0 Å². The van der Waals surface area contributed by atoms with Crippen molar-refractivity contribution in [2.24, 2.45) is 12.0 Å². The highest BCUT2D eigenvalue weighted by Crippen LogP contribution is 2.06. The summed E-state index contributed by atoms with van der Waals surface area (Å²) >= 11 is 0. The van der Waals surface area contributed by atoms with Crippen LogP contribution in [0, 0.1) is 0 Å². The highest BCUT2D eigenvalue weighted by Gasteiger charge is 2.09. The van der Waals surface area contributed by atoms with Crippen LogP contribution >= 0.6 is 24.0 Å². The Balaban J connectivity index is 0.00000261. The number of guanidine groups is 1. The minimum absolute atomic E-state index is 0. The van der Waals surface area contributed by atoms with E-state index >= 15 is 0 Å². The maximum Gasteiger partial charge on any atom is 0.194 e. The van der Waals surface area contributed by atoms with Gasteiger partial charge in [0.25, 0.3) is 0 Å². The lowest BCUT2D eigenvalue weighted by atomic mass is 10.2. The summed E-state index contributed by atoms with van der Waals surface area (Å²) in [5.74, 6) is 0.863. The number of nitrogens with one attached hydrogen (secondary N) is 1. The third-order valence-corrected chi connectivity index (χ3v) is 4.35. The number of halogens is 1. The molecule has 1 aromatic carbocycles. The minimum Gasteiger partial charge on any atom is -0.353 e. The van der Waals surface area contributed by atoms with Crippen molar-refractivity contribution in [2.75, 3.05) is 14.1 Å². The second kappa shape index (κ2) is 10.1. The van der Waals surface area contributed by atoms with Crippen LogP contribution in [0.4, 0.5) is 0 Å². The van der Waals surface area contributed by atoms with Gasteiger partial charge < -0.3 is 14.8 Å². The number of aliphatic imine (C=N–C) groups is 1. The molecule has 0 saturated carbocycles. The smallest absolute Gasteiger partial charge is 0.194 e. The van der Waals surface area contributed by atoms with Gasteiger partial charge >= 0.3 is 0 Å². The van der Waals surface area contributed by atoms with Crippen LogP contribution in [0.5, 0.6) is 0 Å². The molecule has 7 heteroatoms. The zero-order chi connectivity index (χ0) is 18.4. The van der Waals surface area contributed by atoms with Crippen molar-refractivity contribution in [3.63, 3.8) is 0 Å². The molecule has 0 radical (unpaired) electrons. The number of hydrogen-bond donors (Lipinski definition) is 1. The molecular weight excluding hydrogens is 451 g/mol. The highest BCUT2D eigenvalue weighted by atomic mass is 127. The van der Waals surface area contributed by atoms with Crippen molar-refractivity contribution in [3.8, 4) is 0 Å². The Hall–Kier alpha value is -2.29. The van der Waals surface area contributed by atoms with Crippen LogP contribution in [0.1, 0.15) is 16.8 Å². The van der Waals surface area contributed by atoms with Crippen LogP contribution < -0.4 is 5.32 Å². The first kappa shape index (κ1) is 21.0. The second-order valence-electron chi connectivity index (χ2n) is 6.40. The summed E-state index contributed by atoms with van der Waals surface area (Å²) in [6.07, 6.45) is 6.03. The van der Waals surface area contributed by atoms with Gasteiger partial charge in [-0.3, -0.25) is 9.67 Å². The van der Waals surface area contributed by atoms with Gasteiger partial charge in [0.2, 0.25) is 0 Å². The van der Waals surface area contributed by atoms with E-state index in [1.807, 2.05) is 43.2 Å². The molecule has 0 saturated heterocycles. The summed E-state index contributed by atoms with van der Waals surface area (Å²) in [7, 11) is 5.91. The summed E-state index contributed by atoms with van der Waals surface area (Å²) < 4.78 is 4.08. The van der Waals surface area contributed by atoms with Crippen molar-refractivity contribution in [3.05, 3.63) is 77.9 Å². The number of benzene rings is 1. The van der Waals surface area contributed by atoms with Gasteiger partial charge in [-0.15, -0.1) is 24.0 Å². The van der Waals surface area contributed by atoms with E-state index in [0.717, 1.165) is 24.6 Å². The van der Waals surface area contributed by atoms with E-state index in [0.29, 0.717) is 6.54 Å². The Kier molecular flexibility index (Phi) is 7.90. The largest absolute Gasteiger partial charge is 0.353 e. The Morgan fingerprint density at radius 2 is 1.93 bits per heavy atom. The van der Waals surface area contributed by atoms with Crippen molar-refractivity contribution < 1.29 is 0 Å². The molecule has 0 aliphatic carbocycles. The van der Waals surface area contributed by atoms with Crippen molar-refractivity contribution in [2.45, 2.75) is 19.6 Å². The third kappa shape index (κ3) is 5.85. The van der Waals surface area contributed by atoms with Gasteiger partial charge in [-0.05, 0) is 17.7 Å². The van der Waals surface area contributed by atoms with Crippen molar-refractivity contribution in [1.29, 1.82) is 0 Å². The van der Waals surface area contributed by atoms with E-state index in [1.165, 1.54) is 11.3 Å². The van der Waals surface area contributed by atoms with E-state index in [1.54, 1.807) is 0 Å². The summed E-state index contributed by atoms with van der Waals surface area (Å²) in [5, 5.41) is 7.86. The molecule has 0 unspecified atom stereocenters. The van der Waals surface area contributed by atoms with Gasteiger partial charge in [0.15, 0.2) is 5.96 Å². The quantitative estimate of drug-likeness (QED) is 0.337. The molecule has 6 nitrogen and oxygen atoms in total. The SMILES string of the molecule is CN=C(NCc1cnn(Cc2ccccc2)c1)N(C)Cc1cccn1C.I. The molecule has 27 heavy (non-hydrogen) atoms. The molecule has 1 N–H and O–H groups in total. The van der Waals surface area contributed by atoms with E-state index in [2.05, 4.69) is 68.6 Å². The Morgan fingerprint density at radius 3 is 2.59 bits per heavy atom. The predicted molar refractivity (Wildman–Crippen MR) is 120 cm³/mol. The zero-order valence-corrected chi connectivity index (χ0v) is 18.4. The monoisotopic (exact) mass is 478 g/mol. The molecule has 3 aromatic rings. The van der Waals surface area contributed by atoms with Crippen LogP contribution in [-0.2, 0) is 26.7 Å². The number of hydrogen-bond acceptors (Lipinski definition) is 2. The van der Waals surface area contributed by atoms with Crippen LogP contribution in [0.15, 0.2) is 66.0 Å². The molecular formula is C20H27IN6. The second-order valence-corrected chi connectivity index (χ2v) is 6.40. The lowest BCUT2D eigenvalue weighted by molar-refractivity contribution is 0.461. The Bertz CT molecular complexity index is 852. The molecule has 2 heterocycles. The van der Waals surface area contributed by atoms with Crippen LogP contribution in [0.25, 0.3) is 0 Å². The van der Waals surface area contributed by atoms with E-state index in [4.69, 9.17) is 0 Å². The lowest BCUT2D eigenvalue weighted by Crippen LogP contribution is -2.38. The topological polar surface area (TPSA) is 50.4 Å². The van der Waals surface area contributed by atoms with Gasteiger partial charge in [0.1, 0.15) is 0 Å². The summed E-state index contributed by atoms with van der Waals surface area (Å²) in [5.41, 5.74) is 3.62. The molecule has 144 valence electrons. The third-order valence-electron chi connectivity index (χ3n) is 4.35. The maximum absolute atomic E-state index is 4.45. The van der Waals surface area contributed by atoms with E-state index in [9.17, 15) is 0 Å². The maximum atomic E-state index is 4.45. The fourth-order valence-corrected chi connectivity index (χ4v) is 2.90. The number of rotatable bonds is 6. The molecule has 2 aromatic heterocycles. The molecule has 0 bridgehead atoms. The predicted octanol–water partition coefficient (Wildman–Crippen LogP) is 3.10. The summed E-state index contributed by atoms with van der Waals surface area (Å²) in [6.45, 7) is 2.28. The first-order valence-electron chi connectivity index (χ1n) is 8.73. The molecule has 0 fully saturated rings. The Labute approximate surface area is 177 Å². The van der Waals surface area contributed by atoms with Crippen LogP contribution in [0.2, 0.25) is 0 Å². The molecule has 0 spiro atoms. The van der Waals surface area contributed by atoms with Gasteiger partial charge in [0.05, 0.1) is 19.3 Å². The molecule has 3 rings (SSSR count). The number of aryl methyl sites for hydroxylation is 1. The van der Waals surface area contributed by atoms with Crippen molar-refractivity contribution in [1.82, 2.24) is 24.6 Å². The number of aromatic nitrogens is 3. The normalized spacial score (nSPS) is 11.1.